The molecule has 0 heterocycles. The second-order valence-electron chi connectivity index (χ2n) is 3.66. The van der Waals surface area contributed by atoms with Gasteiger partial charge in [0.2, 0.25) is 0 Å². The number of hydrogen-bond acceptors (Lipinski definition) is 3. The highest BCUT2D eigenvalue weighted by Gasteiger charge is 2.06. The van der Waals surface area contributed by atoms with Crippen molar-refractivity contribution in [3.63, 3.8) is 0 Å². The van der Waals surface area contributed by atoms with Crippen molar-refractivity contribution in [2.75, 3.05) is 18.1 Å². The van der Waals surface area contributed by atoms with Crippen LogP contribution in [-0.4, -0.2) is 26.5 Å². The zero-order chi connectivity index (χ0) is 12.9. The van der Waals surface area contributed by atoms with Crippen LogP contribution < -0.4 is 5.32 Å². The van der Waals surface area contributed by atoms with Crippen LogP contribution in [0.2, 0.25) is 0 Å². The first-order chi connectivity index (χ1) is 7.94. The Morgan fingerprint density at radius 2 is 1.94 bits per heavy atom. The largest absolute Gasteiger partial charge is 0.312 e. The quantitative estimate of drug-likeness (QED) is 0.791. The van der Waals surface area contributed by atoms with E-state index in [1.165, 1.54) is 6.07 Å². The minimum Gasteiger partial charge on any atom is -0.312 e. The molecule has 96 valence electrons. The van der Waals surface area contributed by atoms with Gasteiger partial charge in [-0.05, 0) is 17.7 Å². The summed E-state index contributed by atoms with van der Waals surface area (Å²) < 4.78 is 47.8. The summed E-state index contributed by atoms with van der Waals surface area (Å²) in [5.74, 6) is -1.62. The van der Waals surface area contributed by atoms with Crippen molar-refractivity contribution in [1.82, 2.24) is 5.32 Å². The molecule has 0 spiro atoms. The SMILES string of the molecule is CCS(=O)(=O)CCNCc1ccc(F)c(F)c1. The fraction of sp³-hybridized carbons (Fsp3) is 0.455. The second-order valence-corrected chi connectivity index (χ2v) is 6.13. The molecule has 1 aromatic rings. The predicted molar refractivity (Wildman–Crippen MR) is 62.4 cm³/mol. The van der Waals surface area contributed by atoms with Crippen LogP contribution in [0.25, 0.3) is 0 Å². The number of sulfone groups is 1. The summed E-state index contributed by atoms with van der Waals surface area (Å²) in [4.78, 5) is 0. The van der Waals surface area contributed by atoms with Crippen LogP contribution >= 0.6 is 0 Å². The molecule has 0 bridgehead atoms. The van der Waals surface area contributed by atoms with Gasteiger partial charge in [0, 0.05) is 18.8 Å². The maximum Gasteiger partial charge on any atom is 0.159 e. The highest BCUT2D eigenvalue weighted by molar-refractivity contribution is 7.91. The summed E-state index contributed by atoms with van der Waals surface area (Å²) in [7, 11) is -2.99. The van der Waals surface area contributed by atoms with Gasteiger partial charge in [0.1, 0.15) is 0 Å². The van der Waals surface area contributed by atoms with E-state index in [9.17, 15) is 17.2 Å². The molecule has 1 rings (SSSR count). The lowest BCUT2D eigenvalue weighted by Crippen LogP contribution is -2.23. The van der Waals surface area contributed by atoms with E-state index in [2.05, 4.69) is 5.32 Å². The molecule has 0 unspecified atom stereocenters. The van der Waals surface area contributed by atoms with E-state index in [0.29, 0.717) is 18.7 Å². The van der Waals surface area contributed by atoms with Crippen LogP contribution in [0.15, 0.2) is 18.2 Å². The lowest BCUT2D eigenvalue weighted by Gasteiger charge is -2.05. The van der Waals surface area contributed by atoms with E-state index >= 15 is 0 Å². The molecule has 0 fully saturated rings. The van der Waals surface area contributed by atoms with Crippen LogP contribution in [0.3, 0.4) is 0 Å². The van der Waals surface area contributed by atoms with Crippen LogP contribution in [0.5, 0.6) is 0 Å². The van der Waals surface area contributed by atoms with E-state index in [1.54, 1.807) is 6.92 Å². The molecule has 3 nitrogen and oxygen atoms in total. The Labute approximate surface area is 99.8 Å². The molecule has 6 heteroatoms. The number of benzene rings is 1. The molecule has 0 saturated carbocycles. The van der Waals surface area contributed by atoms with Gasteiger partial charge < -0.3 is 5.32 Å². The molecule has 17 heavy (non-hydrogen) atoms. The molecule has 0 aliphatic rings. The van der Waals surface area contributed by atoms with Crippen molar-refractivity contribution in [2.24, 2.45) is 0 Å². The first-order valence-corrected chi connectivity index (χ1v) is 7.12. The summed E-state index contributed by atoms with van der Waals surface area (Å²) in [6.07, 6.45) is 0. The molecule has 0 saturated heterocycles. The predicted octanol–water partition coefficient (Wildman–Crippen LogP) is 1.49. The minimum absolute atomic E-state index is 0.0488. The molecule has 0 atom stereocenters. The van der Waals surface area contributed by atoms with E-state index in [4.69, 9.17) is 0 Å². The lowest BCUT2D eigenvalue weighted by atomic mass is 10.2. The average Bonchev–Trinajstić information content (AvgIpc) is 2.29. The molecule has 1 N–H and O–H groups in total. The van der Waals surface area contributed by atoms with Gasteiger partial charge in [0.05, 0.1) is 5.75 Å². The summed E-state index contributed by atoms with van der Waals surface area (Å²) in [5, 5.41) is 2.87. The molecule has 0 amide bonds. The highest BCUT2D eigenvalue weighted by Crippen LogP contribution is 2.08. The molecule has 1 aromatic carbocycles. The Hall–Kier alpha value is -1.01. The molecule has 0 radical (unpaired) electrons. The normalized spacial score (nSPS) is 11.7. The van der Waals surface area contributed by atoms with E-state index in [1.807, 2.05) is 0 Å². The zero-order valence-corrected chi connectivity index (χ0v) is 10.4. The maximum atomic E-state index is 12.8. The van der Waals surface area contributed by atoms with Gasteiger partial charge in [-0.15, -0.1) is 0 Å². The smallest absolute Gasteiger partial charge is 0.159 e. The van der Waals surface area contributed by atoms with Gasteiger partial charge in [-0.2, -0.15) is 0 Å². The standard InChI is InChI=1S/C11H15F2NO2S/c1-2-17(15,16)6-5-14-8-9-3-4-10(12)11(13)7-9/h3-4,7,14H,2,5-6,8H2,1H3. The van der Waals surface area contributed by atoms with Gasteiger partial charge in [0.25, 0.3) is 0 Å². The van der Waals surface area contributed by atoms with Gasteiger partial charge in [0.15, 0.2) is 21.5 Å². The maximum absolute atomic E-state index is 12.8. The Kier molecular flexibility index (Phi) is 5.02. The minimum atomic E-state index is -2.99. The van der Waals surface area contributed by atoms with Crippen molar-refractivity contribution in [3.05, 3.63) is 35.4 Å². The molecular weight excluding hydrogens is 248 g/mol. The Morgan fingerprint density at radius 1 is 1.24 bits per heavy atom. The Morgan fingerprint density at radius 3 is 2.53 bits per heavy atom. The van der Waals surface area contributed by atoms with Crippen LogP contribution in [0.1, 0.15) is 12.5 Å². The highest BCUT2D eigenvalue weighted by atomic mass is 32.2. The van der Waals surface area contributed by atoms with E-state index < -0.39 is 21.5 Å². The topological polar surface area (TPSA) is 46.2 Å². The number of halogens is 2. The van der Waals surface area contributed by atoms with Gasteiger partial charge >= 0.3 is 0 Å². The fourth-order valence-corrected chi connectivity index (χ4v) is 2.00. The first-order valence-electron chi connectivity index (χ1n) is 5.29. The summed E-state index contributed by atoms with van der Waals surface area (Å²) >= 11 is 0. The Balaban J connectivity index is 2.39. The third-order valence-electron chi connectivity index (χ3n) is 2.34. The molecule has 0 aliphatic carbocycles. The van der Waals surface area contributed by atoms with Crippen LogP contribution in [0.4, 0.5) is 8.78 Å². The molecule has 0 aliphatic heterocycles. The van der Waals surface area contributed by atoms with Crippen molar-refractivity contribution in [2.45, 2.75) is 13.5 Å². The van der Waals surface area contributed by atoms with Crippen LogP contribution in [0, 0.1) is 11.6 Å². The van der Waals surface area contributed by atoms with E-state index in [-0.39, 0.29) is 11.5 Å². The molecule has 0 aromatic heterocycles. The Bertz CT molecular complexity index is 474. The number of hydrogen-bond donors (Lipinski definition) is 1. The van der Waals surface area contributed by atoms with E-state index in [0.717, 1.165) is 12.1 Å². The average molecular weight is 263 g/mol. The van der Waals surface area contributed by atoms with Crippen molar-refractivity contribution in [3.8, 4) is 0 Å². The summed E-state index contributed by atoms with van der Waals surface area (Å²) in [5.41, 5.74) is 0.581. The third-order valence-corrected chi connectivity index (χ3v) is 4.05. The number of rotatable bonds is 6. The van der Waals surface area contributed by atoms with Gasteiger partial charge in [-0.25, -0.2) is 17.2 Å². The fourth-order valence-electron chi connectivity index (χ4n) is 1.25. The molecular formula is C11H15F2NO2S. The first kappa shape index (κ1) is 14.1. The lowest BCUT2D eigenvalue weighted by molar-refractivity contribution is 0.506. The van der Waals surface area contributed by atoms with Gasteiger partial charge in [-0.1, -0.05) is 13.0 Å². The third kappa shape index (κ3) is 4.79. The van der Waals surface area contributed by atoms with Crippen molar-refractivity contribution < 1.29 is 17.2 Å². The van der Waals surface area contributed by atoms with Crippen molar-refractivity contribution in [1.29, 1.82) is 0 Å². The summed E-state index contributed by atoms with van der Waals surface area (Å²) in [6.45, 7) is 2.20. The second kappa shape index (κ2) is 6.07. The monoisotopic (exact) mass is 263 g/mol. The van der Waals surface area contributed by atoms with Gasteiger partial charge in [-0.3, -0.25) is 0 Å². The van der Waals surface area contributed by atoms with Crippen LogP contribution in [-0.2, 0) is 16.4 Å². The number of nitrogens with one attached hydrogen (secondary N) is 1. The zero-order valence-electron chi connectivity index (χ0n) is 9.54. The summed E-state index contributed by atoms with van der Waals surface area (Å²) in [6, 6.07) is 3.60. The van der Waals surface area contributed by atoms with Crippen molar-refractivity contribution >= 4 is 9.84 Å².